The highest BCUT2D eigenvalue weighted by atomic mass is 32.1. The van der Waals surface area contributed by atoms with Gasteiger partial charge in [0.25, 0.3) is 0 Å². The molecule has 5 nitrogen and oxygen atoms in total. The minimum absolute atomic E-state index is 0.00444. The van der Waals surface area contributed by atoms with Gasteiger partial charge in [0.05, 0.1) is 12.2 Å². The van der Waals surface area contributed by atoms with Crippen molar-refractivity contribution in [2.45, 2.75) is 13.0 Å². The Morgan fingerprint density at radius 1 is 1.53 bits per heavy atom. The van der Waals surface area contributed by atoms with Gasteiger partial charge in [-0.3, -0.25) is 0 Å². The Bertz CT molecular complexity index is 513. The van der Waals surface area contributed by atoms with Crippen LogP contribution in [-0.2, 0) is 0 Å². The highest BCUT2D eigenvalue weighted by Gasteiger charge is 2.14. The molecule has 2 rings (SSSR count). The summed E-state index contributed by atoms with van der Waals surface area (Å²) >= 11 is 1.61. The van der Waals surface area contributed by atoms with Gasteiger partial charge in [-0.15, -0.1) is 16.4 Å². The fourth-order valence-corrected chi connectivity index (χ4v) is 2.16. The van der Waals surface area contributed by atoms with Gasteiger partial charge in [-0.1, -0.05) is 6.07 Å². The van der Waals surface area contributed by atoms with E-state index in [2.05, 4.69) is 15.5 Å². The molecule has 0 aliphatic rings. The predicted molar refractivity (Wildman–Crippen MR) is 65.3 cm³/mol. The number of aromatic carboxylic acids is 1. The number of nitrogens with zero attached hydrogens (tertiary/aromatic N) is 2. The quantitative estimate of drug-likeness (QED) is 0.870. The summed E-state index contributed by atoms with van der Waals surface area (Å²) in [5, 5.41) is 21.5. The number of aromatic nitrogens is 2. The smallest absolute Gasteiger partial charge is 0.339 e. The van der Waals surface area contributed by atoms with Crippen molar-refractivity contribution in [3.63, 3.8) is 0 Å². The number of nitrogens with one attached hydrogen (secondary N) is 1. The molecule has 0 aliphatic carbocycles. The first kappa shape index (κ1) is 11.5. The Balaban J connectivity index is 2.21. The highest BCUT2D eigenvalue weighted by molar-refractivity contribution is 7.10. The average molecular weight is 249 g/mol. The van der Waals surface area contributed by atoms with Crippen molar-refractivity contribution in [3.8, 4) is 0 Å². The zero-order valence-electron chi connectivity index (χ0n) is 9.12. The number of hydrogen-bond donors (Lipinski definition) is 2. The number of thiophene rings is 1. The van der Waals surface area contributed by atoms with E-state index in [1.165, 1.54) is 12.3 Å². The minimum Gasteiger partial charge on any atom is -0.478 e. The largest absolute Gasteiger partial charge is 0.478 e. The second-order valence-electron chi connectivity index (χ2n) is 3.48. The first-order valence-electron chi connectivity index (χ1n) is 5.03. The van der Waals surface area contributed by atoms with Gasteiger partial charge >= 0.3 is 5.97 Å². The number of hydrogen-bond acceptors (Lipinski definition) is 5. The van der Waals surface area contributed by atoms with E-state index < -0.39 is 5.97 Å². The molecular weight excluding hydrogens is 238 g/mol. The van der Waals surface area contributed by atoms with Crippen LogP contribution in [0.1, 0.15) is 28.2 Å². The Hall–Kier alpha value is -1.95. The predicted octanol–water partition coefficient (Wildman–Crippen LogP) is 2.41. The molecule has 2 aromatic heterocycles. The third-order valence-electron chi connectivity index (χ3n) is 2.27. The first-order valence-corrected chi connectivity index (χ1v) is 5.91. The van der Waals surface area contributed by atoms with Gasteiger partial charge in [0.2, 0.25) is 0 Å². The summed E-state index contributed by atoms with van der Waals surface area (Å²) in [7, 11) is 0. The molecule has 0 aromatic carbocycles. The van der Waals surface area contributed by atoms with Gasteiger partial charge in [-0.25, -0.2) is 4.79 Å². The number of carbonyl (C=O) groups is 1. The van der Waals surface area contributed by atoms with E-state index in [0.717, 1.165) is 4.88 Å². The molecule has 0 amide bonds. The monoisotopic (exact) mass is 249 g/mol. The number of anilines is 1. The van der Waals surface area contributed by atoms with Gasteiger partial charge in [0.1, 0.15) is 5.56 Å². The van der Waals surface area contributed by atoms with Gasteiger partial charge in [-0.05, 0) is 24.4 Å². The fourth-order valence-electron chi connectivity index (χ4n) is 1.42. The Labute approximate surface area is 102 Å². The Morgan fingerprint density at radius 2 is 2.35 bits per heavy atom. The molecule has 1 atom stereocenters. The molecule has 88 valence electrons. The Morgan fingerprint density at radius 3 is 3.00 bits per heavy atom. The normalized spacial score (nSPS) is 12.1. The van der Waals surface area contributed by atoms with Gasteiger partial charge in [0.15, 0.2) is 5.82 Å². The van der Waals surface area contributed by atoms with Crippen molar-refractivity contribution in [1.29, 1.82) is 0 Å². The van der Waals surface area contributed by atoms with Crippen LogP contribution in [0, 0.1) is 0 Å². The van der Waals surface area contributed by atoms with E-state index in [1.54, 1.807) is 11.3 Å². The molecule has 2 aromatic rings. The Kier molecular flexibility index (Phi) is 3.34. The fraction of sp³-hybridized carbons (Fsp3) is 0.182. The summed E-state index contributed by atoms with van der Waals surface area (Å²) < 4.78 is 0. The van der Waals surface area contributed by atoms with Crippen LogP contribution in [-0.4, -0.2) is 21.3 Å². The van der Waals surface area contributed by atoms with Crippen LogP contribution >= 0.6 is 11.3 Å². The number of carboxylic acid groups (broad SMARTS) is 1. The maximum Gasteiger partial charge on any atom is 0.339 e. The number of carboxylic acids is 1. The van der Waals surface area contributed by atoms with Crippen LogP contribution in [0.5, 0.6) is 0 Å². The van der Waals surface area contributed by atoms with E-state index >= 15 is 0 Å². The lowest BCUT2D eigenvalue weighted by Crippen LogP contribution is -2.12. The molecule has 2 N–H and O–H groups in total. The highest BCUT2D eigenvalue weighted by Crippen LogP contribution is 2.23. The molecule has 17 heavy (non-hydrogen) atoms. The van der Waals surface area contributed by atoms with Crippen molar-refractivity contribution in [2.24, 2.45) is 0 Å². The molecule has 2 heterocycles. The van der Waals surface area contributed by atoms with Gasteiger partial charge in [0, 0.05) is 4.88 Å². The topological polar surface area (TPSA) is 75.1 Å². The van der Waals surface area contributed by atoms with Crippen LogP contribution in [0.2, 0.25) is 0 Å². The minimum atomic E-state index is -1.01. The molecule has 0 saturated carbocycles. The molecule has 0 bridgehead atoms. The van der Waals surface area contributed by atoms with Crippen molar-refractivity contribution in [2.75, 3.05) is 5.32 Å². The molecule has 0 fully saturated rings. The van der Waals surface area contributed by atoms with Crippen molar-refractivity contribution in [3.05, 3.63) is 40.2 Å². The van der Waals surface area contributed by atoms with Gasteiger partial charge in [-0.2, -0.15) is 5.10 Å². The molecule has 0 spiro atoms. The SMILES string of the molecule is CC(Nc1nnccc1C(=O)O)c1cccs1. The third-order valence-corrected chi connectivity index (χ3v) is 3.33. The maximum atomic E-state index is 11.0. The summed E-state index contributed by atoms with van der Waals surface area (Å²) in [6.07, 6.45) is 1.37. The second kappa shape index (κ2) is 4.92. The van der Waals surface area contributed by atoms with Crippen molar-refractivity contribution in [1.82, 2.24) is 10.2 Å². The van der Waals surface area contributed by atoms with Crippen LogP contribution in [0.25, 0.3) is 0 Å². The maximum absolute atomic E-state index is 11.0. The molecule has 0 saturated heterocycles. The molecular formula is C11H11N3O2S. The van der Waals surface area contributed by atoms with Crippen molar-refractivity contribution < 1.29 is 9.90 Å². The third kappa shape index (κ3) is 2.59. The molecule has 0 radical (unpaired) electrons. The summed E-state index contributed by atoms with van der Waals surface area (Å²) in [6, 6.07) is 5.37. The zero-order chi connectivity index (χ0) is 12.3. The van der Waals surface area contributed by atoms with E-state index in [0.29, 0.717) is 5.82 Å². The van der Waals surface area contributed by atoms with Crippen LogP contribution in [0.15, 0.2) is 29.8 Å². The summed E-state index contributed by atoms with van der Waals surface area (Å²) in [6.45, 7) is 1.95. The first-order chi connectivity index (χ1) is 8.18. The van der Waals surface area contributed by atoms with E-state index in [1.807, 2.05) is 24.4 Å². The number of rotatable bonds is 4. The van der Waals surface area contributed by atoms with Crippen LogP contribution in [0.4, 0.5) is 5.82 Å². The van der Waals surface area contributed by atoms with Gasteiger partial charge < -0.3 is 10.4 Å². The van der Waals surface area contributed by atoms with Crippen LogP contribution in [0.3, 0.4) is 0 Å². The second-order valence-corrected chi connectivity index (χ2v) is 4.46. The van der Waals surface area contributed by atoms with E-state index in [-0.39, 0.29) is 11.6 Å². The van der Waals surface area contributed by atoms with E-state index in [9.17, 15) is 4.79 Å². The lowest BCUT2D eigenvalue weighted by Gasteiger charge is -2.13. The molecule has 6 heteroatoms. The summed E-state index contributed by atoms with van der Waals surface area (Å²) in [5.74, 6) is -0.721. The van der Waals surface area contributed by atoms with Crippen LogP contribution < -0.4 is 5.32 Å². The standard InChI is InChI=1S/C11H11N3O2S/c1-7(9-3-2-6-17-9)13-10-8(11(15)16)4-5-12-14-10/h2-7H,1H3,(H,13,14)(H,15,16). The average Bonchev–Trinajstić information content (AvgIpc) is 2.83. The summed E-state index contributed by atoms with van der Waals surface area (Å²) in [5.41, 5.74) is 0.128. The zero-order valence-corrected chi connectivity index (χ0v) is 9.94. The van der Waals surface area contributed by atoms with Crippen molar-refractivity contribution >= 4 is 23.1 Å². The lowest BCUT2D eigenvalue weighted by atomic mass is 10.2. The van der Waals surface area contributed by atoms with E-state index in [4.69, 9.17) is 5.11 Å². The summed E-state index contributed by atoms with van der Waals surface area (Å²) in [4.78, 5) is 12.1. The lowest BCUT2D eigenvalue weighted by molar-refractivity contribution is 0.0697. The molecule has 0 aliphatic heterocycles. The molecule has 1 unspecified atom stereocenters.